The van der Waals surface area contributed by atoms with Gasteiger partial charge in [0.15, 0.2) is 0 Å². The summed E-state index contributed by atoms with van der Waals surface area (Å²) < 4.78 is 27.7. The van der Waals surface area contributed by atoms with Crippen LogP contribution in [0.2, 0.25) is 0 Å². The summed E-state index contributed by atoms with van der Waals surface area (Å²) in [6, 6.07) is 8.24. The summed E-state index contributed by atoms with van der Waals surface area (Å²) in [6.07, 6.45) is 5.96. The fourth-order valence-corrected chi connectivity index (χ4v) is 6.16. The predicted molar refractivity (Wildman–Crippen MR) is 130 cm³/mol. The van der Waals surface area contributed by atoms with Crippen LogP contribution in [0.4, 0.5) is 11.4 Å². The fraction of sp³-hybridized carbons (Fsp3) is 0.458. The Hall–Kier alpha value is -2.98. The highest BCUT2D eigenvalue weighted by atomic mass is 32.2. The van der Waals surface area contributed by atoms with Gasteiger partial charge >= 0.3 is 0 Å². The Bertz CT molecular complexity index is 1150. The Morgan fingerprint density at radius 1 is 1.18 bits per heavy atom. The lowest BCUT2D eigenvalue weighted by Crippen LogP contribution is -2.57. The zero-order valence-corrected chi connectivity index (χ0v) is 20.4. The van der Waals surface area contributed by atoms with E-state index in [4.69, 9.17) is 0 Å². The van der Waals surface area contributed by atoms with Crippen LogP contribution in [0.1, 0.15) is 38.7 Å². The van der Waals surface area contributed by atoms with Crippen LogP contribution >= 0.6 is 0 Å². The number of benzene rings is 1. The number of sulfonamides is 1. The standard InChI is InChI=1S/C24H31N5O4S/c1-3-27(4-2)34(32,33)19-10-11-20-22(14-19)29(24(31)21-9-5-6-13-28(20)21)17-23(30)26-16-18-8-7-12-25-15-18/h7-8,10-12,14-15,21H,3-6,9,13,16-17H2,1-2H3,(H,26,30)/t21-/m0/s1. The van der Waals surface area contributed by atoms with Crippen molar-refractivity contribution in [2.24, 2.45) is 0 Å². The van der Waals surface area contributed by atoms with E-state index < -0.39 is 10.0 Å². The summed E-state index contributed by atoms with van der Waals surface area (Å²) in [5, 5.41) is 2.84. The summed E-state index contributed by atoms with van der Waals surface area (Å²) in [4.78, 5) is 34.0. The van der Waals surface area contributed by atoms with Crippen molar-refractivity contribution in [1.29, 1.82) is 0 Å². The number of aromatic nitrogens is 1. The summed E-state index contributed by atoms with van der Waals surface area (Å²) in [7, 11) is -3.71. The van der Waals surface area contributed by atoms with E-state index >= 15 is 0 Å². The molecule has 0 bridgehead atoms. The zero-order valence-electron chi connectivity index (χ0n) is 19.6. The number of fused-ring (bicyclic) bond motifs is 3. The number of hydrogen-bond donors (Lipinski definition) is 1. The van der Waals surface area contributed by atoms with E-state index in [1.807, 2.05) is 6.07 Å². The van der Waals surface area contributed by atoms with E-state index in [9.17, 15) is 18.0 Å². The maximum atomic E-state index is 13.5. The smallest absolute Gasteiger partial charge is 0.250 e. The molecule has 4 rings (SSSR count). The summed E-state index contributed by atoms with van der Waals surface area (Å²) in [6.45, 7) is 5.14. The highest BCUT2D eigenvalue weighted by molar-refractivity contribution is 7.89. The van der Waals surface area contributed by atoms with Crippen molar-refractivity contribution in [2.75, 3.05) is 36.0 Å². The van der Waals surface area contributed by atoms with Crippen LogP contribution in [0.15, 0.2) is 47.6 Å². The Morgan fingerprint density at radius 2 is 1.97 bits per heavy atom. The number of pyridine rings is 1. The lowest BCUT2D eigenvalue weighted by atomic mass is 9.96. The summed E-state index contributed by atoms with van der Waals surface area (Å²) in [5.41, 5.74) is 2.11. The minimum atomic E-state index is -3.71. The average Bonchev–Trinajstić information content (AvgIpc) is 2.86. The molecule has 1 aromatic carbocycles. The Kier molecular flexibility index (Phi) is 7.18. The van der Waals surface area contributed by atoms with Gasteiger partial charge in [0.1, 0.15) is 12.6 Å². The minimum absolute atomic E-state index is 0.124. The molecule has 34 heavy (non-hydrogen) atoms. The van der Waals surface area contributed by atoms with E-state index in [0.717, 1.165) is 30.6 Å². The largest absolute Gasteiger partial charge is 0.358 e. The highest BCUT2D eigenvalue weighted by Crippen LogP contribution is 2.40. The number of carbonyl (C=O) groups excluding carboxylic acids is 2. The predicted octanol–water partition coefficient (Wildman–Crippen LogP) is 2.13. The van der Waals surface area contributed by atoms with Crippen LogP contribution in [0.3, 0.4) is 0 Å². The lowest BCUT2D eigenvalue weighted by Gasteiger charge is -2.45. The second-order valence-electron chi connectivity index (χ2n) is 8.51. The first-order valence-electron chi connectivity index (χ1n) is 11.7. The summed E-state index contributed by atoms with van der Waals surface area (Å²) in [5.74, 6) is -0.481. The minimum Gasteiger partial charge on any atom is -0.358 e. The average molecular weight is 486 g/mol. The zero-order chi connectivity index (χ0) is 24.3. The van der Waals surface area contributed by atoms with Crippen LogP contribution < -0.4 is 15.1 Å². The van der Waals surface area contributed by atoms with Gasteiger partial charge in [-0.3, -0.25) is 19.5 Å². The lowest BCUT2D eigenvalue weighted by molar-refractivity contribution is -0.125. The number of amides is 2. The van der Waals surface area contributed by atoms with Gasteiger partial charge in [0.05, 0.1) is 16.3 Å². The number of anilines is 2. The van der Waals surface area contributed by atoms with Gasteiger partial charge in [-0.05, 0) is 49.1 Å². The molecule has 2 aliphatic heterocycles. The van der Waals surface area contributed by atoms with Crippen LogP contribution in [-0.2, 0) is 26.2 Å². The first-order valence-corrected chi connectivity index (χ1v) is 13.2. The number of carbonyl (C=O) groups is 2. The Labute approximate surface area is 200 Å². The quantitative estimate of drug-likeness (QED) is 0.615. The topological polar surface area (TPSA) is 103 Å². The van der Waals surface area contributed by atoms with Crippen molar-refractivity contribution in [3.8, 4) is 0 Å². The second kappa shape index (κ2) is 10.1. The molecule has 0 aliphatic carbocycles. The molecule has 0 radical (unpaired) electrons. The molecule has 1 saturated heterocycles. The van der Waals surface area contributed by atoms with E-state index in [2.05, 4.69) is 15.2 Å². The van der Waals surface area contributed by atoms with Crippen LogP contribution in [0, 0.1) is 0 Å². The van der Waals surface area contributed by atoms with Crippen molar-refractivity contribution >= 4 is 33.2 Å². The molecular weight excluding hydrogens is 454 g/mol. The monoisotopic (exact) mass is 485 g/mol. The van der Waals surface area contributed by atoms with Crippen LogP contribution in [0.5, 0.6) is 0 Å². The molecule has 9 nitrogen and oxygen atoms in total. The molecule has 2 aromatic rings. The molecule has 0 unspecified atom stereocenters. The van der Waals surface area contributed by atoms with Gasteiger partial charge < -0.3 is 10.2 Å². The fourth-order valence-electron chi connectivity index (χ4n) is 4.68. The summed E-state index contributed by atoms with van der Waals surface area (Å²) >= 11 is 0. The normalized spacial score (nSPS) is 18.0. The van der Waals surface area contributed by atoms with E-state index in [1.165, 1.54) is 9.21 Å². The van der Waals surface area contributed by atoms with E-state index in [-0.39, 0.29) is 29.3 Å². The molecule has 0 saturated carbocycles. The molecule has 1 atom stereocenters. The van der Waals surface area contributed by atoms with Gasteiger partial charge in [-0.2, -0.15) is 4.31 Å². The Morgan fingerprint density at radius 3 is 2.68 bits per heavy atom. The first kappa shape index (κ1) is 24.2. The number of nitrogens with one attached hydrogen (secondary N) is 1. The molecule has 1 N–H and O–H groups in total. The third-order valence-electron chi connectivity index (χ3n) is 6.46. The van der Waals surface area contributed by atoms with Gasteiger partial charge in [-0.1, -0.05) is 19.9 Å². The molecule has 0 spiro atoms. The molecule has 10 heteroatoms. The molecule has 1 aromatic heterocycles. The van der Waals surface area contributed by atoms with Crippen molar-refractivity contribution in [2.45, 2.75) is 50.6 Å². The van der Waals surface area contributed by atoms with Gasteiger partial charge in [0.2, 0.25) is 21.8 Å². The SMILES string of the molecule is CCN(CC)S(=O)(=O)c1ccc2c(c1)N(CC(=O)NCc1cccnc1)C(=O)[C@@H]1CCCCN21. The van der Waals surface area contributed by atoms with E-state index in [0.29, 0.717) is 31.7 Å². The second-order valence-corrected chi connectivity index (χ2v) is 10.4. The number of piperidine rings is 1. The molecule has 3 heterocycles. The number of rotatable bonds is 8. The van der Waals surface area contributed by atoms with Gasteiger partial charge in [-0.15, -0.1) is 0 Å². The van der Waals surface area contributed by atoms with Crippen molar-refractivity contribution in [1.82, 2.24) is 14.6 Å². The maximum absolute atomic E-state index is 13.5. The van der Waals surface area contributed by atoms with Gasteiger partial charge in [0, 0.05) is 38.6 Å². The molecule has 182 valence electrons. The molecule has 1 fully saturated rings. The highest BCUT2D eigenvalue weighted by Gasteiger charge is 2.40. The van der Waals surface area contributed by atoms with Crippen molar-refractivity contribution in [3.05, 3.63) is 48.3 Å². The Balaban J connectivity index is 1.66. The number of hydrogen-bond acceptors (Lipinski definition) is 6. The third-order valence-corrected chi connectivity index (χ3v) is 8.50. The maximum Gasteiger partial charge on any atom is 0.250 e. The molecule has 2 aliphatic rings. The van der Waals surface area contributed by atoms with E-state index in [1.54, 1.807) is 50.5 Å². The van der Waals surface area contributed by atoms with Crippen LogP contribution in [0.25, 0.3) is 0 Å². The molecule has 2 amide bonds. The van der Waals surface area contributed by atoms with Gasteiger partial charge in [-0.25, -0.2) is 8.42 Å². The molecular formula is C24H31N5O4S. The van der Waals surface area contributed by atoms with Crippen LogP contribution in [-0.4, -0.2) is 61.7 Å². The van der Waals surface area contributed by atoms with Crippen molar-refractivity contribution < 1.29 is 18.0 Å². The third kappa shape index (κ3) is 4.65. The van der Waals surface area contributed by atoms with Crippen molar-refractivity contribution in [3.63, 3.8) is 0 Å². The van der Waals surface area contributed by atoms with Gasteiger partial charge in [0.25, 0.3) is 0 Å². The first-order chi connectivity index (χ1) is 16.4. The number of nitrogens with zero attached hydrogens (tertiary/aromatic N) is 4.